The Morgan fingerprint density at radius 2 is 2.14 bits per heavy atom. The van der Waals surface area contributed by atoms with E-state index in [4.69, 9.17) is 9.52 Å². The van der Waals surface area contributed by atoms with E-state index in [-0.39, 0.29) is 19.5 Å². The van der Waals surface area contributed by atoms with Gasteiger partial charge >= 0.3 is 12.0 Å². The molecule has 1 unspecified atom stereocenters. The van der Waals surface area contributed by atoms with Crippen LogP contribution in [-0.4, -0.2) is 35.6 Å². The van der Waals surface area contributed by atoms with E-state index < -0.39 is 23.9 Å². The molecule has 0 aliphatic carbocycles. The number of rotatable bonds is 8. The first-order valence-corrected chi connectivity index (χ1v) is 6.70. The fourth-order valence-electron chi connectivity index (χ4n) is 1.54. The van der Waals surface area contributed by atoms with E-state index in [2.05, 4.69) is 16.0 Å². The smallest absolute Gasteiger partial charge is 0.326 e. The molecule has 0 spiro atoms. The lowest BCUT2D eigenvalue weighted by atomic mass is 10.2. The van der Waals surface area contributed by atoms with Crippen LogP contribution in [0.3, 0.4) is 0 Å². The van der Waals surface area contributed by atoms with Gasteiger partial charge < -0.3 is 25.5 Å². The molecule has 0 bridgehead atoms. The summed E-state index contributed by atoms with van der Waals surface area (Å²) >= 11 is 0. The summed E-state index contributed by atoms with van der Waals surface area (Å²) in [5, 5.41) is 16.1. The Labute approximate surface area is 127 Å². The van der Waals surface area contributed by atoms with Gasteiger partial charge in [-0.15, -0.1) is 0 Å². The lowest BCUT2D eigenvalue weighted by molar-refractivity contribution is -0.141. The number of allylic oxidation sites excluding steroid dienone is 1. The number of aliphatic carboxylic acids is 1. The van der Waals surface area contributed by atoms with Gasteiger partial charge in [0, 0.05) is 0 Å². The van der Waals surface area contributed by atoms with Gasteiger partial charge in [0.1, 0.15) is 11.8 Å². The Kier molecular flexibility index (Phi) is 7.24. The summed E-state index contributed by atoms with van der Waals surface area (Å²) in [5.74, 6) is -1.13. The van der Waals surface area contributed by atoms with Crippen LogP contribution >= 0.6 is 0 Å². The fourth-order valence-corrected chi connectivity index (χ4v) is 1.54. The number of nitrogens with one attached hydrogen (secondary N) is 3. The van der Waals surface area contributed by atoms with Crippen molar-refractivity contribution in [2.45, 2.75) is 25.9 Å². The van der Waals surface area contributed by atoms with Gasteiger partial charge in [0.05, 0.1) is 19.4 Å². The second-order valence-electron chi connectivity index (χ2n) is 4.38. The van der Waals surface area contributed by atoms with Gasteiger partial charge in [-0.05, 0) is 25.5 Å². The molecular formula is C14H19N3O5. The topological polar surface area (TPSA) is 121 Å². The van der Waals surface area contributed by atoms with Crippen LogP contribution < -0.4 is 16.0 Å². The first-order valence-electron chi connectivity index (χ1n) is 6.70. The third-order valence-electron chi connectivity index (χ3n) is 2.65. The first-order chi connectivity index (χ1) is 10.5. The molecule has 8 heteroatoms. The van der Waals surface area contributed by atoms with Crippen molar-refractivity contribution in [1.82, 2.24) is 16.0 Å². The fraction of sp³-hybridized carbons (Fsp3) is 0.357. The third-order valence-corrected chi connectivity index (χ3v) is 2.65. The van der Waals surface area contributed by atoms with Crippen LogP contribution in [0.2, 0.25) is 0 Å². The van der Waals surface area contributed by atoms with Gasteiger partial charge in [-0.1, -0.05) is 12.2 Å². The lowest BCUT2D eigenvalue weighted by Crippen LogP contribution is -2.47. The van der Waals surface area contributed by atoms with Crippen LogP contribution in [0.1, 0.15) is 19.1 Å². The summed E-state index contributed by atoms with van der Waals surface area (Å²) in [7, 11) is 0. The summed E-state index contributed by atoms with van der Waals surface area (Å²) in [5.41, 5.74) is 0. The number of amides is 3. The molecule has 0 fully saturated rings. The Hall–Kier alpha value is -2.77. The predicted octanol–water partition coefficient (Wildman–Crippen LogP) is 0.614. The van der Waals surface area contributed by atoms with E-state index in [9.17, 15) is 14.4 Å². The maximum Gasteiger partial charge on any atom is 0.326 e. The van der Waals surface area contributed by atoms with Crippen LogP contribution in [-0.2, 0) is 16.1 Å². The monoisotopic (exact) mass is 309 g/mol. The van der Waals surface area contributed by atoms with Crippen LogP contribution in [0.4, 0.5) is 4.79 Å². The molecule has 1 rings (SSSR count). The molecule has 0 aliphatic heterocycles. The summed E-state index contributed by atoms with van der Waals surface area (Å²) in [6.45, 7) is 1.63. The molecule has 0 saturated carbocycles. The van der Waals surface area contributed by atoms with E-state index in [1.165, 1.54) is 6.26 Å². The largest absolute Gasteiger partial charge is 0.480 e. The van der Waals surface area contributed by atoms with Crippen molar-refractivity contribution < 1.29 is 23.9 Å². The van der Waals surface area contributed by atoms with Crippen molar-refractivity contribution in [3.63, 3.8) is 0 Å². The van der Waals surface area contributed by atoms with Crippen molar-refractivity contribution in [3.8, 4) is 0 Å². The van der Waals surface area contributed by atoms with Crippen LogP contribution in [0.25, 0.3) is 0 Å². The lowest BCUT2D eigenvalue weighted by Gasteiger charge is -2.13. The van der Waals surface area contributed by atoms with Crippen molar-refractivity contribution in [2.75, 3.05) is 6.54 Å². The number of carboxylic acid groups (broad SMARTS) is 1. The summed E-state index contributed by atoms with van der Waals surface area (Å²) < 4.78 is 5.03. The maximum atomic E-state index is 11.6. The molecule has 3 amide bonds. The standard InChI is InChI=1S/C14H19N3O5/c1-2-3-6-11(13(19)20)17-12(18)9-16-14(21)15-8-10-5-4-7-22-10/h2-5,7,11H,6,8-9H2,1H3,(H,17,18)(H,19,20)(H2,15,16,21)/b3-2+. The van der Waals surface area contributed by atoms with Crippen LogP contribution in [0, 0.1) is 0 Å². The Bertz CT molecular complexity index is 525. The molecule has 22 heavy (non-hydrogen) atoms. The first kappa shape index (κ1) is 17.3. The minimum Gasteiger partial charge on any atom is -0.480 e. The van der Waals surface area contributed by atoms with Gasteiger partial charge in [0.15, 0.2) is 0 Å². The van der Waals surface area contributed by atoms with Crippen molar-refractivity contribution in [2.24, 2.45) is 0 Å². The molecule has 8 nitrogen and oxygen atoms in total. The van der Waals surface area contributed by atoms with E-state index in [0.717, 1.165) is 0 Å². The summed E-state index contributed by atoms with van der Waals surface area (Å²) in [6, 6.07) is 1.83. The van der Waals surface area contributed by atoms with Gasteiger partial charge in [0.2, 0.25) is 5.91 Å². The number of carbonyl (C=O) groups is 3. The molecule has 1 heterocycles. The zero-order chi connectivity index (χ0) is 16.4. The van der Waals surface area contributed by atoms with E-state index in [1.807, 2.05) is 0 Å². The quantitative estimate of drug-likeness (QED) is 0.524. The number of carboxylic acids is 1. The highest BCUT2D eigenvalue weighted by atomic mass is 16.4. The average molecular weight is 309 g/mol. The number of urea groups is 1. The molecule has 120 valence electrons. The second kappa shape index (κ2) is 9.22. The SMILES string of the molecule is C/C=C/CC(NC(=O)CNC(=O)NCc1ccco1)C(=O)O. The van der Waals surface area contributed by atoms with Gasteiger partial charge in [0.25, 0.3) is 0 Å². The average Bonchev–Trinajstić information content (AvgIpc) is 3.00. The highest BCUT2D eigenvalue weighted by Gasteiger charge is 2.18. The Morgan fingerprint density at radius 3 is 2.73 bits per heavy atom. The van der Waals surface area contributed by atoms with E-state index in [1.54, 1.807) is 31.2 Å². The molecule has 0 radical (unpaired) electrons. The van der Waals surface area contributed by atoms with E-state index in [0.29, 0.717) is 5.76 Å². The van der Waals surface area contributed by atoms with Gasteiger partial charge in [-0.2, -0.15) is 0 Å². The molecule has 1 aromatic rings. The molecule has 0 aromatic carbocycles. The highest BCUT2D eigenvalue weighted by molar-refractivity contribution is 5.87. The third kappa shape index (κ3) is 6.60. The normalized spacial score (nSPS) is 11.9. The molecule has 0 aliphatic rings. The summed E-state index contributed by atoms with van der Waals surface area (Å²) in [6.07, 6.45) is 5.01. The number of carbonyl (C=O) groups excluding carboxylic acids is 2. The Morgan fingerprint density at radius 1 is 1.36 bits per heavy atom. The molecule has 0 saturated heterocycles. The second-order valence-corrected chi connectivity index (χ2v) is 4.38. The maximum absolute atomic E-state index is 11.6. The predicted molar refractivity (Wildman–Crippen MR) is 77.9 cm³/mol. The zero-order valence-corrected chi connectivity index (χ0v) is 12.2. The van der Waals surface area contributed by atoms with Crippen molar-refractivity contribution in [3.05, 3.63) is 36.3 Å². The van der Waals surface area contributed by atoms with E-state index >= 15 is 0 Å². The van der Waals surface area contributed by atoms with Gasteiger partial charge in [-0.3, -0.25) is 4.79 Å². The highest BCUT2D eigenvalue weighted by Crippen LogP contribution is 1.98. The zero-order valence-electron chi connectivity index (χ0n) is 12.2. The molecule has 1 aromatic heterocycles. The van der Waals surface area contributed by atoms with Gasteiger partial charge in [-0.25, -0.2) is 9.59 Å². The van der Waals surface area contributed by atoms with Crippen LogP contribution in [0.15, 0.2) is 35.0 Å². The molecule has 1 atom stereocenters. The number of hydrogen-bond acceptors (Lipinski definition) is 4. The summed E-state index contributed by atoms with van der Waals surface area (Å²) in [4.78, 5) is 34.0. The minimum atomic E-state index is -1.13. The molecular weight excluding hydrogens is 290 g/mol. The number of furan rings is 1. The van der Waals surface area contributed by atoms with Crippen LogP contribution in [0.5, 0.6) is 0 Å². The Balaban J connectivity index is 2.28. The minimum absolute atomic E-state index is 0.183. The number of hydrogen-bond donors (Lipinski definition) is 4. The van der Waals surface area contributed by atoms with Crippen molar-refractivity contribution in [1.29, 1.82) is 0 Å². The molecule has 4 N–H and O–H groups in total. The van der Waals surface area contributed by atoms with Crippen molar-refractivity contribution >= 4 is 17.9 Å².